The van der Waals surface area contributed by atoms with Crippen LogP contribution in [0.3, 0.4) is 0 Å². The lowest BCUT2D eigenvalue weighted by Crippen LogP contribution is -2.47. The quantitative estimate of drug-likeness (QED) is 0.328. The van der Waals surface area contributed by atoms with Crippen molar-refractivity contribution in [3.63, 3.8) is 0 Å². The van der Waals surface area contributed by atoms with Crippen LogP contribution >= 0.6 is 0 Å². The fourth-order valence-corrected chi connectivity index (χ4v) is 4.95. The predicted molar refractivity (Wildman–Crippen MR) is 149 cm³/mol. The van der Waals surface area contributed by atoms with Crippen LogP contribution in [0.15, 0.2) is 72.9 Å². The number of carbonyl (C=O) groups excluding carboxylic acids is 2. The summed E-state index contributed by atoms with van der Waals surface area (Å²) in [6, 6.07) is 17.9. The van der Waals surface area contributed by atoms with E-state index in [1.54, 1.807) is 6.20 Å². The lowest BCUT2D eigenvalue weighted by atomic mass is 9.96. The van der Waals surface area contributed by atoms with Crippen LogP contribution in [0.2, 0.25) is 0 Å². The van der Waals surface area contributed by atoms with Gasteiger partial charge in [-0.1, -0.05) is 42.5 Å². The summed E-state index contributed by atoms with van der Waals surface area (Å²) in [7, 11) is 0. The van der Waals surface area contributed by atoms with Crippen molar-refractivity contribution >= 4 is 28.3 Å². The number of nitrogen functional groups attached to an aromatic ring is 1. The molecule has 0 aliphatic carbocycles. The Morgan fingerprint density at radius 1 is 1.02 bits per heavy atom. The predicted octanol–water partition coefficient (Wildman–Crippen LogP) is 4.22. The fraction of sp³-hybridized carbons (Fsp3) is 0.258. The monoisotopic (exact) mass is 544 g/mol. The number of nitrogens with one attached hydrogen (secondary N) is 1. The SMILES string of the molecule is Nc1nccc2cc(CCC(=O)[C@H](Cc3ccc(F)c(F)c3)NC(=O)CN3CCOc4ccccc4C3)ccc12. The van der Waals surface area contributed by atoms with Crippen molar-refractivity contribution in [2.45, 2.75) is 31.8 Å². The lowest BCUT2D eigenvalue weighted by molar-refractivity contribution is -0.128. The summed E-state index contributed by atoms with van der Waals surface area (Å²) >= 11 is 0. The highest BCUT2D eigenvalue weighted by Gasteiger charge is 2.24. The molecule has 0 bridgehead atoms. The van der Waals surface area contributed by atoms with Crippen LogP contribution < -0.4 is 15.8 Å². The molecule has 0 unspecified atom stereocenters. The van der Waals surface area contributed by atoms with Gasteiger partial charge in [-0.15, -0.1) is 0 Å². The van der Waals surface area contributed by atoms with E-state index in [-0.39, 0.29) is 31.1 Å². The van der Waals surface area contributed by atoms with E-state index in [0.29, 0.717) is 37.5 Å². The van der Waals surface area contributed by atoms with Crippen molar-refractivity contribution in [1.29, 1.82) is 0 Å². The van der Waals surface area contributed by atoms with Gasteiger partial charge < -0.3 is 15.8 Å². The molecule has 3 aromatic carbocycles. The van der Waals surface area contributed by atoms with Gasteiger partial charge in [-0.25, -0.2) is 13.8 Å². The molecule has 5 rings (SSSR count). The lowest BCUT2D eigenvalue weighted by Gasteiger charge is -2.22. The van der Waals surface area contributed by atoms with Gasteiger partial charge in [0.15, 0.2) is 17.4 Å². The maximum absolute atomic E-state index is 13.9. The number of aryl methyl sites for hydroxylation is 1. The zero-order valence-electron chi connectivity index (χ0n) is 21.9. The fourth-order valence-electron chi connectivity index (χ4n) is 4.95. The Hall–Kier alpha value is -4.37. The van der Waals surface area contributed by atoms with E-state index in [9.17, 15) is 18.4 Å². The number of benzene rings is 3. The molecule has 40 heavy (non-hydrogen) atoms. The summed E-state index contributed by atoms with van der Waals surface area (Å²) in [4.78, 5) is 32.6. The molecule has 4 aromatic rings. The van der Waals surface area contributed by atoms with Crippen LogP contribution in [0.5, 0.6) is 5.75 Å². The van der Waals surface area contributed by atoms with Gasteiger partial charge in [0.25, 0.3) is 0 Å². The first kappa shape index (κ1) is 27.2. The molecule has 2 heterocycles. The third-order valence-electron chi connectivity index (χ3n) is 7.07. The Labute approximate surface area is 231 Å². The second kappa shape index (κ2) is 12.2. The number of nitrogens with two attached hydrogens (primary N) is 1. The second-order valence-electron chi connectivity index (χ2n) is 9.96. The standard InChI is InChI=1S/C31H30F2N4O3/c32-25-9-6-21(16-26(25)33)17-27(28(38)10-7-20-5-8-24-22(15-20)11-12-35-31(24)34)36-30(39)19-37-13-14-40-29-4-2-1-3-23(29)18-37/h1-6,8-9,11-12,15-16,27H,7,10,13-14,17-19H2,(H2,34,35)(H,36,39)/t27-/m0/s1. The Morgan fingerprint density at radius 3 is 2.70 bits per heavy atom. The molecular formula is C31H30F2N4O3. The molecule has 1 aliphatic rings. The van der Waals surface area contributed by atoms with E-state index in [4.69, 9.17) is 10.5 Å². The molecule has 1 aromatic heterocycles. The number of rotatable bonds is 9. The Bertz CT molecular complexity index is 1540. The number of pyridine rings is 1. The first-order valence-electron chi connectivity index (χ1n) is 13.2. The number of aromatic nitrogens is 1. The van der Waals surface area contributed by atoms with E-state index in [1.165, 1.54) is 6.07 Å². The van der Waals surface area contributed by atoms with E-state index >= 15 is 0 Å². The van der Waals surface area contributed by atoms with Gasteiger partial charge in [0, 0.05) is 36.7 Å². The maximum atomic E-state index is 13.9. The Balaban J connectivity index is 1.27. The van der Waals surface area contributed by atoms with Crippen LogP contribution in [0, 0.1) is 11.6 Å². The minimum atomic E-state index is -0.997. The van der Waals surface area contributed by atoms with Crippen LogP contribution in [-0.2, 0) is 29.0 Å². The largest absolute Gasteiger partial charge is 0.492 e. The first-order chi connectivity index (χ1) is 19.4. The highest BCUT2D eigenvalue weighted by Crippen LogP contribution is 2.23. The minimum Gasteiger partial charge on any atom is -0.492 e. The van der Waals surface area contributed by atoms with Crippen molar-refractivity contribution in [1.82, 2.24) is 15.2 Å². The molecular weight excluding hydrogens is 514 g/mol. The molecule has 0 radical (unpaired) electrons. The summed E-state index contributed by atoms with van der Waals surface area (Å²) in [5.74, 6) is -1.25. The number of Topliss-reactive ketones (excluding diaryl/α,β-unsaturated/α-hetero) is 1. The highest BCUT2D eigenvalue weighted by atomic mass is 19.2. The number of ketones is 1. The average Bonchev–Trinajstić information content (AvgIpc) is 3.15. The molecule has 7 nitrogen and oxygen atoms in total. The number of hydrogen-bond donors (Lipinski definition) is 2. The zero-order valence-corrected chi connectivity index (χ0v) is 21.9. The summed E-state index contributed by atoms with van der Waals surface area (Å²) in [5.41, 5.74) is 8.28. The normalized spacial score (nSPS) is 14.2. The van der Waals surface area contributed by atoms with Crippen molar-refractivity contribution in [2.24, 2.45) is 0 Å². The van der Waals surface area contributed by atoms with Crippen molar-refractivity contribution in [3.05, 3.63) is 101 Å². The summed E-state index contributed by atoms with van der Waals surface area (Å²) in [6.07, 6.45) is 2.29. The second-order valence-corrected chi connectivity index (χ2v) is 9.96. The van der Waals surface area contributed by atoms with Gasteiger partial charge in [0.05, 0.1) is 12.6 Å². The van der Waals surface area contributed by atoms with Gasteiger partial charge in [0.1, 0.15) is 18.2 Å². The number of para-hydroxylation sites is 1. The number of hydrogen-bond acceptors (Lipinski definition) is 6. The molecule has 1 amide bonds. The van der Waals surface area contributed by atoms with E-state index in [0.717, 1.165) is 39.8 Å². The van der Waals surface area contributed by atoms with Crippen molar-refractivity contribution in [3.8, 4) is 5.75 Å². The minimum absolute atomic E-state index is 0.0492. The van der Waals surface area contributed by atoms with Crippen molar-refractivity contribution in [2.75, 3.05) is 25.4 Å². The average molecular weight is 545 g/mol. The maximum Gasteiger partial charge on any atom is 0.234 e. The smallest absolute Gasteiger partial charge is 0.234 e. The van der Waals surface area contributed by atoms with Crippen molar-refractivity contribution < 1.29 is 23.1 Å². The third-order valence-corrected chi connectivity index (χ3v) is 7.07. The van der Waals surface area contributed by atoms with E-state index < -0.39 is 17.7 Å². The number of fused-ring (bicyclic) bond motifs is 2. The van der Waals surface area contributed by atoms with Crippen LogP contribution in [-0.4, -0.2) is 47.3 Å². The number of anilines is 1. The molecule has 206 valence electrons. The number of nitrogens with zero attached hydrogens (tertiary/aromatic N) is 2. The van der Waals surface area contributed by atoms with E-state index in [2.05, 4.69) is 10.3 Å². The van der Waals surface area contributed by atoms with Gasteiger partial charge in [-0.3, -0.25) is 14.5 Å². The van der Waals surface area contributed by atoms with Gasteiger partial charge >= 0.3 is 0 Å². The highest BCUT2D eigenvalue weighted by molar-refractivity contribution is 5.92. The van der Waals surface area contributed by atoms with Crippen LogP contribution in [0.4, 0.5) is 14.6 Å². The molecule has 0 fully saturated rings. The summed E-state index contributed by atoms with van der Waals surface area (Å²) in [6.45, 7) is 1.59. The molecule has 9 heteroatoms. The van der Waals surface area contributed by atoms with Gasteiger partial charge in [-0.05, 0) is 53.6 Å². The molecule has 0 saturated carbocycles. The van der Waals surface area contributed by atoms with Gasteiger partial charge in [0.2, 0.25) is 5.91 Å². The summed E-state index contributed by atoms with van der Waals surface area (Å²) < 4.78 is 33.2. The Morgan fingerprint density at radius 2 is 1.85 bits per heavy atom. The number of amides is 1. The number of carbonyl (C=O) groups is 2. The van der Waals surface area contributed by atoms with Gasteiger partial charge in [-0.2, -0.15) is 0 Å². The zero-order chi connectivity index (χ0) is 28.1. The van der Waals surface area contributed by atoms with E-state index in [1.807, 2.05) is 53.4 Å². The third kappa shape index (κ3) is 6.60. The van der Waals surface area contributed by atoms with Crippen LogP contribution in [0.1, 0.15) is 23.1 Å². The number of halogens is 2. The molecule has 0 spiro atoms. The molecule has 3 N–H and O–H groups in total. The number of ether oxygens (including phenoxy) is 1. The molecule has 1 atom stereocenters. The summed E-state index contributed by atoms with van der Waals surface area (Å²) in [5, 5.41) is 4.61. The van der Waals surface area contributed by atoms with Crippen LogP contribution in [0.25, 0.3) is 10.8 Å². The first-order valence-corrected chi connectivity index (χ1v) is 13.2. The molecule has 0 saturated heterocycles. The molecule has 1 aliphatic heterocycles. The Kier molecular flexibility index (Phi) is 8.31. The topological polar surface area (TPSA) is 97.5 Å².